The van der Waals surface area contributed by atoms with E-state index >= 15 is 0 Å². The van der Waals surface area contributed by atoms with Crippen molar-refractivity contribution >= 4 is 34.6 Å². The lowest BCUT2D eigenvalue weighted by molar-refractivity contribution is 1.43. The van der Waals surface area contributed by atoms with E-state index in [4.69, 9.17) is 23.2 Å². The van der Waals surface area contributed by atoms with Crippen molar-refractivity contribution in [3.63, 3.8) is 0 Å². The van der Waals surface area contributed by atoms with E-state index in [-0.39, 0.29) is 0 Å². The number of benzene rings is 2. The number of rotatable bonds is 2. The van der Waals surface area contributed by atoms with Gasteiger partial charge in [0, 0.05) is 10.7 Å². The summed E-state index contributed by atoms with van der Waals surface area (Å²) in [6, 6.07) is 13.4. The lowest BCUT2D eigenvalue weighted by Crippen LogP contribution is -1.93. The Kier molecular flexibility index (Phi) is 3.37. The Labute approximate surface area is 105 Å². The summed E-state index contributed by atoms with van der Waals surface area (Å²) >= 11 is 12.0. The van der Waals surface area contributed by atoms with Crippen molar-refractivity contribution in [2.45, 2.75) is 6.92 Å². The summed E-state index contributed by atoms with van der Waals surface area (Å²) in [7, 11) is 0. The molecule has 0 bridgehead atoms. The van der Waals surface area contributed by atoms with Crippen molar-refractivity contribution in [2.24, 2.45) is 0 Å². The van der Waals surface area contributed by atoms with E-state index in [1.54, 1.807) is 0 Å². The molecule has 0 aliphatic carbocycles. The SMILES string of the molecule is Cc1ccc(Cl)cc1Nc1ccccc1Cl. The van der Waals surface area contributed by atoms with Gasteiger partial charge < -0.3 is 5.32 Å². The first-order valence-corrected chi connectivity index (χ1v) is 5.70. The second-order valence-corrected chi connectivity index (χ2v) is 4.41. The fourth-order valence-corrected chi connectivity index (χ4v) is 1.79. The summed E-state index contributed by atoms with van der Waals surface area (Å²) < 4.78 is 0. The number of aryl methyl sites for hydroxylation is 1. The molecule has 0 saturated heterocycles. The van der Waals surface area contributed by atoms with Gasteiger partial charge in [0.05, 0.1) is 10.7 Å². The molecular weight excluding hydrogens is 241 g/mol. The largest absolute Gasteiger partial charge is 0.354 e. The van der Waals surface area contributed by atoms with Crippen LogP contribution in [0, 0.1) is 6.92 Å². The summed E-state index contributed by atoms with van der Waals surface area (Å²) in [5, 5.41) is 4.67. The molecular formula is C13H11Cl2N. The van der Waals surface area contributed by atoms with E-state index < -0.39 is 0 Å². The minimum atomic E-state index is 0.696. The van der Waals surface area contributed by atoms with Crippen molar-refractivity contribution in [1.82, 2.24) is 0 Å². The Hall–Kier alpha value is -1.18. The van der Waals surface area contributed by atoms with Gasteiger partial charge in [-0.25, -0.2) is 0 Å². The van der Waals surface area contributed by atoms with Crippen LogP contribution in [0.15, 0.2) is 42.5 Å². The van der Waals surface area contributed by atoms with E-state index in [2.05, 4.69) is 5.32 Å². The second-order valence-electron chi connectivity index (χ2n) is 3.56. The molecule has 0 fully saturated rings. The first-order chi connectivity index (χ1) is 7.66. The summed E-state index contributed by atoms with van der Waals surface area (Å²) in [6.07, 6.45) is 0. The zero-order valence-electron chi connectivity index (χ0n) is 8.80. The van der Waals surface area contributed by atoms with Crippen molar-refractivity contribution in [3.05, 3.63) is 58.1 Å². The molecule has 0 heterocycles. The molecule has 1 nitrogen and oxygen atoms in total. The lowest BCUT2D eigenvalue weighted by atomic mass is 10.2. The van der Waals surface area contributed by atoms with Crippen LogP contribution in [-0.4, -0.2) is 0 Å². The molecule has 2 aromatic carbocycles. The van der Waals surface area contributed by atoms with E-state index in [0.717, 1.165) is 16.9 Å². The van der Waals surface area contributed by atoms with Gasteiger partial charge in [0.2, 0.25) is 0 Å². The maximum absolute atomic E-state index is 6.07. The molecule has 3 heteroatoms. The summed E-state index contributed by atoms with van der Waals surface area (Å²) in [4.78, 5) is 0. The standard InChI is InChI=1S/C13H11Cl2N/c1-9-6-7-10(14)8-13(9)16-12-5-3-2-4-11(12)15/h2-8,16H,1H3. The number of anilines is 2. The van der Waals surface area contributed by atoms with Crippen molar-refractivity contribution in [1.29, 1.82) is 0 Å². The summed E-state index contributed by atoms with van der Waals surface area (Å²) in [6.45, 7) is 2.02. The van der Waals surface area contributed by atoms with Crippen LogP contribution in [0.5, 0.6) is 0 Å². The fraction of sp³-hybridized carbons (Fsp3) is 0.0769. The third-order valence-electron chi connectivity index (χ3n) is 2.34. The fourth-order valence-electron chi connectivity index (χ4n) is 1.44. The van der Waals surface area contributed by atoms with Gasteiger partial charge >= 0.3 is 0 Å². The molecule has 1 N–H and O–H groups in total. The van der Waals surface area contributed by atoms with Crippen LogP contribution in [0.4, 0.5) is 11.4 Å². The molecule has 0 spiro atoms. The molecule has 16 heavy (non-hydrogen) atoms. The van der Waals surface area contributed by atoms with Crippen LogP contribution in [0.1, 0.15) is 5.56 Å². The maximum atomic E-state index is 6.07. The second kappa shape index (κ2) is 4.77. The average molecular weight is 252 g/mol. The highest BCUT2D eigenvalue weighted by Gasteiger charge is 2.02. The van der Waals surface area contributed by atoms with Gasteiger partial charge in [0.15, 0.2) is 0 Å². The average Bonchev–Trinajstić information content (AvgIpc) is 2.27. The highest BCUT2D eigenvalue weighted by Crippen LogP contribution is 2.28. The Morgan fingerprint density at radius 1 is 0.938 bits per heavy atom. The van der Waals surface area contributed by atoms with Crippen molar-refractivity contribution in [3.8, 4) is 0 Å². The number of nitrogens with one attached hydrogen (secondary N) is 1. The zero-order valence-corrected chi connectivity index (χ0v) is 10.3. The Morgan fingerprint density at radius 2 is 1.69 bits per heavy atom. The zero-order chi connectivity index (χ0) is 11.5. The third kappa shape index (κ3) is 2.49. The number of hydrogen-bond acceptors (Lipinski definition) is 1. The van der Waals surface area contributed by atoms with Crippen LogP contribution in [0.25, 0.3) is 0 Å². The van der Waals surface area contributed by atoms with Crippen LogP contribution < -0.4 is 5.32 Å². The predicted octanol–water partition coefficient (Wildman–Crippen LogP) is 5.05. The quantitative estimate of drug-likeness (QED) is 0.788. The van der Waals surface area contributed by atoms with Gasteiger partial charge in [0.25, 0.3) is 0 Å². The van der Waals surface area contributed by atoms with E-state index in [9.17, 15) is 0 Å². The van der Waals surface area contributed by atoms with E-state index in [0.29, 0.717) is 10.0 Å². The molecule has 0 amide bonds. The van der Waals surface area contributed by atoms with Gasteiger partial charge in [-0.05, 0) is 36.8 Å². The number of para-hydroxylation sites is 1. The van der Waals surface area contributed by atoms with Crippen LogP contribution in [-0.2, 0) is 0 Å². The lowest BCUT2D eigenvalue weighted by Gasteiger charge is -2.11. The molecule has 0 radical (unpaired) electrons. The minimum absolute atomic E-state index is 0.696. The normalized spacial score (nSPS) is 10.2. The Balaban J connectivity index is 2.34. The van der Waals surface area contributed by atoms with Crippen LogP contribution in [0.2, 0.25) is 10.0 Å². The van der Waals surface area contributed by atoms with E-state index in [1.165, 1.54) is 0 Å². The first kappa shape index (κ1) is 11.3. The van der Waals surface area contributed by atoms with Gasteiger partial charge in [-0.1, -0.05) is 41.4 Å². The molecule has 0 aliphatic rings. The molecule has 2 aromatic rings. The summed E-state index contributed by atoms with van der Waals surface area (Å²) in [5.74, 6) is 0. The van der Waals surface area contributed by atoms with Gasteiger partial charge in [-0.2, -0.15) is 0 Å². The maximum Gasteiger partial charge on any atom is 0.0640 e. The van der Waals surface area contributed by atoms with Gasteiger partial charge in [0.1, 0.15) is 0 Å². The van der Waals surface area contributed by atoms with Gasteiger partial charge in [-0.15, -0.1) is 0 Å². The molecule has 2 rings (SSSR count). The Bertz CT molecular complexity index is 509. The molecule has 0 aromatic heterocycles. The highest BCUT2D eigenvalue weighted by molar-refractivity contribution is 6.33. The molecule has 0 unspecified atom stereocenters. The smallest absolute Gasteiger partial charge is 0.0640 e. The van der Waals surface area contributed by atoms with Gasteiger partial charge in [-0.3, -0.25) is 0 Å². The van der Waals surface area contributed by atoms with Crippen LogP contribution >= 0.6 is 23.2 Å². The number of halogens is 2. The van der Waals surface area contributed by atoms with Crippen molar-refractivity contribution < 1.29 is 0 Å². The van der Waals surface area contributed by atoms with Crippen molar-refractivity contribution in [2.75, 3.05) is 5.32 Å². The topological polar surface area (TPSA) is 12.0 Å². The monoisotopic (exact) mass is 251 g/mol. The summed E-state index contributed by atoms with van der Waals surface area (Å²) in [5.41, 5.74) is 2.99. The minimum Gasteiger partial charge on any atom is -0.354 e. The molecule has 82 valence electrons. The van der Waals surface area contributed by atoms with Crippen LogP contribution in [0.3, 0.4) is 0 Å². The number of hydrogen-bond donors (Lipinski definition) is 1. The first-order valence-electron chi connectivity index (χ1n) is 4.94. The third-order valence-corrected chi connectivity index (χ3v) is 2.91. The highest BCUT2D eigenvalue weighted by atomic mass is 35.5. The predicted molar refractivity (Wildman–Crippen MR) is 70.9 cm³/mol. The van der Waals surface area contributed by atoms with E-state index in [1.807, 2.05) is 49.4 Å². The Morgan fingerprint density at radius 3 is 2.44 bits per heavy atom. The molecule has 0 aliphatic heterocycles. The molecule has 0 atom stereocenters. The molecule has 0 saturated carbocycles.